The third-order valence-corrected chi connectivity index (χ3v) is 5.22. The zero-order valence-electron chi connectivity index (χ0n) is 15.8. The van der Waals surface area contributed by atoms with Crippen molar-refractivity contribution in [2.75, 3.05) is 7.05 Å². The summed E-state index contributed by atoms with van der Waals surface area (Å²) in [7, 11) is 1.49. The Bertz CT molecular complexity index is 1190. The standard InChI is InChI=1S/C21H16ClF2N5O/c1-29-19(30)21(28-20(29)25,13-4-6-26-16(10-13)11-23)14-7-12(8-15(22)9-14)17-3-2-5-27-18(17)24/h2-10H,11H2,1H3,(H2,25,28). The van der Waals surface area contributed by atoms with Gasteiger partial charge in [0.15, 0.2) is 11.5 Å². The van der Waals surface area contributed by atoms with Crippen LogP contribution >= 0.6 is 11.6 Å². The second kappa shape index (κ2) is 7.46. The lowest BCUT2D eigenvalue weighted by Gasteiger charge is -2.27. The van der Waals surface area contributed by atoms with Gasteiger partial charge in [0.1, 0.15) is 6.67 Å². The number of guanidine groups is 1. The molecular weight excluding hydrogens is 412 g/mol. The number of alkyl halides is 1. The van der Waals surface area contributed by atoms with Gasteiger partial charge in [0.25, 0.3) is 5.91 Å². The topological polar surface area (TPSA) is 84.5 Å². The highest BCUT2D eigenvalue weighted by Gasteiger charge is 2.50. The van der Waals surface area contributed by atoms with Gasteiger partial charge in [-0.05, 0) is 59.2 Å². The van der Waals surface area contributed by atoms with Crippen molar-refractivity contribution in [1.29, 1.82) is 0 Å². The number of aliphatic imine (C=N–C) groups is 1. The van der Waals surface area contributed by atoms with E-state index in [2.05, 4.69) is 15.0 Å². The van der Waals surface area contributed by atoms with Crippen LogP contribution < -0.4 is 5.73 Å². The number of hydrogen-bond acceptors (Lipinski definition) is 5. The van der Waals surface area contributed by atoms with Crippen molar-refractivity contribution < 1.29 is 13.6 Å². The third-order valence-electron chi connectivity index (χ3n) is 5.00. The molecule has 0 bridgehead atoms. The minimum atomic E-state index is -1.61. The highest BCUT2D eigenvalue weighted by Crippen LogP contribution is 2.42. The molecule has 3 heterocycles. The molecule has 9 heteroatoms. The molecule has 0 fully saturated rings. The van der Waals surface area contributed by atoms with E-state index < -0.39 is 24.1 Å². The number of pyridine rings is 2. The molecule has 0 saturated carbocycles. The normalized spacial score (nSPS) is 18.6. The number of carbonyl (C=O) groups is 1. The maximum Gasteiger partial charge on any atom is 0.266 e. The summed E-state index contributed by atoms with van der Waals surface area (Å²) in [5.74, 6) is -1.13. The Morgan fingerprint density at radius 1 is 1.13 bits per heavy atom. The molecule has 2 N–H and O–H groups in total. The summed E-state index contributed by atoms with van der Waals surface area (Å²) in [6.45, 7) is -0.811. The van der Waals surface area contributed by atoms with Crippen molar-refractivity contribution in [3.05, 3.63) is 82.6 Å². The van der Waals surface area contributed by atoms with E-state index >= 15 is 0 Å². The summed E-state index contributed by atoms with van der Waals surface area (Å²) in [4.78, 5) is 26.6. The molecule has 0 aliphatic carbocycles. The van der Waals surface area contributed by atoms with Crippen LogP contribution in [0.25, 0.3) is 11.1 Å². The SMILES string of the molecule is CN1C(=O)C(c2cc(Cl)cc(-c3cccnc3F)c2)(c2ccnc(CF)c2)N=C1N. The maximum absolute atomic E-state index is 14.3. The van der Waals surface area contributed by atoms with Gasteiger partial charge in [0.05, 0.1) is 5.69 Å². The number of benzene rings is 1. The smallest absolute Gasteiger partial charge is 0.266 e. The number of nitrogens with two attached hydrogens (primary N) is 1. The van der Waals surface area contributed by atoms with Crippen molar-refractivity contribution in [2.45, 2.75) is 12.2 Å². The van der Waals surface area contributed by atoms with Crippen molar-refractivity contribution in [3.63, 3.8) is 0 Å². The predicted molar refractivity (Wildman–Crippen MR) is 109 cm³/mol. The average molecular weight is 428 g/mol. The number of nitrogens with zero attached hydrogens (tertiary/aromatic N) is 4. The molecule has 2 aromatic heterocycles. The minimum absolute atomic E-state index is 0.00676. The zero-order chi connectivity index (χ0) is 21.5. The summed E-state index contributed by atoms with van der Waals surface area (Å²) in [6.07, 6.45) is 2.73. The summed E-state index contributed by atoms with van der Waals surface area (Å²) in [5.41, 5.74) is 5.87. The Kier molecular flexibility index (Phi) is 4.95. The average Bonchev–Trinajstić information content (AvgIpc) is 2.98. The Labute approximate surface area is 176 Å². The molecule has 0 radical (unpaired) electrons. The van der Waals surface area contributed by atoms with Gasteiger partial charge in [-0.2, -0.15) is 4.39 Å². The van der Waals surface area contributed by atoms with Crippen LogP contribution in [0.15, 0.2) is 59.9 Å². The molecule has 0 spiro atoms. The Balaban J connectivity index is 2.00. The van der Waals surface area contributed by atoms with Gasteiger partial charge in [0.2, 0.25) is 5.95 Å². The van der Waals surface area contributed by atoms with Gasteiger partial charge in [-0.3, -0.25) is 14.7 Å². The van der Waals surface area contributed by atoms with Crippen LogP contribution in [0.2, 0.25) is 5.02 Å². The van der Waals surface area contributed by atoms with Crippen molar-refractivity contribution in [2.24, 2.45) is 10.7 Å². The summed E-state index contributed by atoms with van der Waals surface area (Å²) < 4.78 is 27.6. The van der Waals surface area contributed by atoms with E-state index in [1.165, 1.54) is 30.4 Å². The van der Waals surface area contributed by atoms with E-state index in [-0.39, 0.29) is 22.2 Å². The molecule has 3 aromatic rings. The molecule has 1 amide bonds. The van der Waals surface area contributed by atoms with Crippen LogP contribution in [0.5, 0.6) is 0 Å². The molecule has 1 aliphatic heterocycles. The summed E-state index contributed by atoms with van der Waals surface area (Å²) in [6, 6.07) is 10.9. The maximum atomic E-state index is 14.3. The van der Waals surface area contributed by atoms with Crippen molar-refractivity contribution in [1.82, 2.24) is 14.9 Å². The van der Waals surface area contributed by atoms with Crippen LogP contribution in [0.4, 0.5) is 8.78 Å². The largest absolute Gasteiger partial charge is 0.369 e. The van der Waals surface area contributed by atoms with Crippen LogP contribution in [0.1, 0.15) is 16.8 Å². The molecular formula is C21H16ClF2N5O. The second-order valence-electron chi connectivity index (χ2n) is 6.78. The number of carbonyl (C=O) groups excluding carboxylic acids is 1. The van der Waals surface area contributed by atoms with E-state index in [9.17, 15) is 13.6 Å². The first-order valence-electron chi connectivity index (χ1n) is 8.93. The highest BCUT2D eigenvalue weighted by molar-refractivity contribution is 6.31. The van der Waals surface area contributed by atoms with Gasteiger partial charge in [-0.15, -0.1) is 0 Å². The van der Waals surface area contributed by atoms with E-state index in [4.69, 9.17) is 17.3 Å². The number of hydrogen-bond donors (Lipinski definition) is 1. The lowest BCUT2D eigenvalue weighted by Crippen LogP contribution is -2.41. The lowest BCUT2D eigenvalue weighted by atomic mass is 9.82. The minimum Gasteiger partial charge on any atom is -0.369 e. The Hall–Kier alpha value is -3.39. The quantitative estimate of drug-likeness (QED) is 0.646. The number of amides is 1. The molecule has 0 saturated heterocycles. The van der Waals surface area contributed by atoms with Crippen molar-refractivity contribution in [3.8, 4) is 11.1 Å². The first-order valence-corrected chi connectivity index (χ1v) is 9.31. The Morgan fingerprint density at radius 3 is 2.60 bits per heavy atom. The van der Waals surface area contributed by atoms with Gasteiger partial charge in [-0.25, -0.2) is 14.4 Å². The number of rotatable bonds is 4. The molecule has 1 atom stereocenters. The number of aromatic nitrogens is 2. The summed E-state index contributed by atoms with van der Waals surface area (Å²) in [5, 5.41) is 0.265. The first kappa shape index (κ1) is 19.9. The fraction of sp³-hybridized carbons (Fsp3) is 0.143. The predicted octanol–water partition coefficient (Wildman–Crippen LogP) is 3.44. The van der Waals surface area contributed by atoms with E-state index in [0.29, 0.717) is 16.7 Å². The molecule has 6 nitrogen and oxygen atoms in total. The van der Waals surface area contributed by atoms with Crippen LogP contribution in [-0.4, -0.2) is 33.8 Å². The molecule has 30 heavy (non-hydrogen) atoms. The van der Waals surface area contributed by atoms with E-state index in [1.54, 1.807) is 36.4 Å². The fourth-order valence-electron chi connectivity index (χ4n) is 3.52. The molecule has 1 unspecified atom stereocenters. The third kappa shape index (κ3) is 3.09. The summed E-state index contributed by atoms with van der Waals surface area (Å²) >= 11 is 6.34. The van der Waals surface area contributed by atoms with Gasteiger partial charge >= 0.3 is 0 Å². The van der Waals surface area contributed by atoms with E-state index in [1.807, 2.05) is 0 Å². The van der Waals surface area contributed by atoms with Crippen LogP contribution in [0, 0.1) is 5.95 Å². The molecule has 152 valence electrons. The number of halogens is 3. The van der Waals surface area contributed by atoms with Crippen molar-refractivity contribution >= 4 is 23.5 Å². The van der Waals surface area contributed by atoms with E-state index in [0.717, 1.165) is 0 Å². The molecule has 4 rings (SSSR count). The molecule has 1 aromatic carbocycles. The van der Waals surface area contributed by atoms with Crippen LogP contribution in [0.3, 0.4) is 0 Å². The Morgan fingerprint density at radius 2 is 1.93 bits per heavy atom. The fourth-order valence-corrected chi connectivity index (χ4v) is 3.75. The molecule has 1 aliphatic rings. The number of likely N-dealkylation sites (N-methyl/N-ethyl adjacent to an activating group) is 1. The second-order valence-corrected chi connectivity index (χ2v) is 7.22. The monoisotopic (exact) mass is 427 g/mol. The van der Waals surface area contributed by atoms with Gasteiger partial charge in [0, 0.05) is 30.0 Å². The van der Waals surface area contributed by atoms with Crippen LogP contribution in [-0.2, 0) is 17.0 Å². The van der Waals surface area contributed by atoms with Gasteiger partial charge < -0.3 is 5.73 Å². The lowest BCUT2D eigenvalue weighted by molar-refractivity contribution is -0.129. The zero-order valence-corrected chi connectivity index (χ0v) is 16.6. The first-order chi connectivity index (χ1) is 14.4. The van der Waals surface area contributed by atoms with Gasteiger partial charge in [-0.1, -0.05) is 11.6 Å². The highest BCUT2D eigenvalue weighted by atomic mass is 35.5.